The summed E-state index contributed by atoms with van der Waals surface area (Å²) in [5.74, 6) is 5.11. The zero-order valence-corrected chi connectivity index (χ0v) is 78.5. The molecule has 0 saturated carbocycles. The van der Waals surface area contributed by atoms with E-state index < -0.39 is 0 Å². The van der Waals surface area contributed by atoms with Crippen LogP contribution in [0.4, 0.5) is 0 Å². The molecule has 19 aromatic carbocycles. The number of rotatable bonds is 12. The van der Waals surface area contributed by atoms with Crippen LogP contribution in [0.15, 0.2) is 475 Å². The molecule has 12 aromatic heterocycles. The van der Waals surface area contributed by atoms with E-state index >= 15 is 0 Å². The molecule has 12 heterocycles. The van der Waals surface area contributed by atoms with Gasteiger partial charge in [-0.1, -0.05) is 340 Å². The molecule has 0 saturated heterocycles. The van der Waals surface area contributed by atoms with Crippen molar-refractivity contribution in [1.82, 2.24) is 59.8 Å². The zero-order valence-electron chi connectivity index (χ0n) is 78.5. The fourth-order valence-corrected chi connectivity index (χ4v) is 20.9. The quantitative estimate of drug-likeness (QED) is 0.111. The molecule has 0 fully saturated rings. The van der Waals surface area contributed by atoms with Gasteiger partial charge in [0.25, 0.3) is 0 Å². The molecule has 31 aromatic rings. The third-order valence-corrected chi connectivity index (χ3v) is 27.8. The van der Waals surface area contributed by atoms with Gasteiger partial charge in [0.15, 0.2) is 69.2 Å². The number of benzene rings is 19. The molecular formula is C130H74N12O6. The van der Waals surface area contributed by atoms with Crippen molar-refractivity contribution in [3.8, 4) is 136 Å². The summed E-state index contributed by atoms with van der Waals surface area (Å²) in [6.45, 7) is 0. The molecule has 0 spiro atoms. The van der Waals surface area contributed by atoms with Crippen LogP contribution < -0.4 is 0 Å². The fourth-order valence-electron chi connectivity index (χ4n) is 20.9. The second-order valence-corrected chi connectivity index (χ2v) is 36.6. The third-order valence-electron chi connectivity index (χ3n) is 27.8. The Bertz CT molecular complexity index is 10800. The van der Waals surface area contributed by atoms with Gasteiger partial charge in [0.05, 0.1) is 27.7 Å². The molecule has 0 aliphatic heterocycles. The minimum atomic E-state index is 0.540. The lowest BCUT2D eigenvalue weighted by Crippen LogP contribution is -2.00. The Balaban J connectivity index is 0.000000105. The summed E-state index contributed by atoms with van der Waals surface area (Å²) in [5.41, 5.74) is 25.3. The van der Waals surface area contributed by atoms with Crippen LogP contribution >= 0.6 is 0 Å². The second-order valence-electron chi connectivity index (χ2n) is 36.6. The first-order chi connectivity index (χ1) is 73.3. The number of para-hydroxylation sites is 8. The van der Waals surface area contributed by atoms with Gasteiger partial charge >= 0.3 is 0 Å². The topological polar surface area (TPSA) is 234 Å². The minimum absolute atomic E-state index is 0.540. The number of hydrogen-bond donors (Lipinski definition) is 0. The molecule has 0 N–H and O–H groups in total. The molecule has 18 heteroatoms. The average molecular weight is 1900 g/mol. The highest BCUT2D eigenvalue weighted by atomic mass is 16.4. The predicted octanol–water partition coefficient (Wildman–Crippen LogP) is 33.8. The van der Waals surface area contributed by atoms with Gasteiger partial charge in [-0.3, -0.25) is 0 Å². The van der Waals surface area contributed by atoms with E-state index in [4.69, 9.17) is 86.3 Å². The highest BCUT2D eigenvalue weighted by Crippen LogP contribution is 2.49. The SMILES string of the molecule is c1ccc(-c2nc(-c3ccc4oc5c(-c6cccc7ccccc67)nc6ccccc6c5c4c3)nc(-c3cccc4c3oc3ccccc34)n2)cc1.c1ccc(-c2nc(-c3ccc4oc5c(-c6ccccc6)nc6ccccc6c5c4c3)nc(-c3cccc4c3oc3ccccc34)n2)cc1.c1ccc(-c2nc(-c3ccc4oc5c(-c6ccccc6)nc6ccccc6c5c4c3)nc(-c3cccc4oc5ccccc5c34)n2)cc1. The van der Waals surface area contributed by atoms with Crippen molar-refractivity contribution in [2.24, 2.45) is 0 Å². The molecule has 0 atom stereocenters. The van der Waals surface area contributed by atoms with Crippen molar-refractivity contribution in [2.75, 3.05) is 0 Å². The van der Waals surface area contributed by atoms with Crippen molar-refractivity contribution < 1.29 is 26.5 Å². The van der Waals surface area contributed by atoms with Crippen LogP contribution in [0, 0.1) is 0 Å². The van der Waals surface area contributed by atoms with Crippen LogP contribution in [0.1, 0.15) is 0 Å². The van der Waals surface area contributed by atoms with E-state index in [9.17, 15) is 0 Å². The van der Waals surface area contributed by atoms with E-state index in [1.165, 1.54) is 0 Å². The van der Waals surface area contributed by atoms with Gasteiger partial charge in [0.1, 0.15) is 67.3 Å². The number of fused-ring (bicyclic) bond motifs is 25. The maximum Gasteiger partial charge on any atom is 0.167 e. The Morgan fingerprint density at radius 2 is 0.399 bits per heavy atom. The van der Waals surface area contributed by atoms with Crippen molar-refractivity contribution in [2.45, 2.75) is 0 Å². The molecular weight excluding hydrogens is 1830 g/mol. The first-order valence-corrected chi connectivity index (χ1v) is 48.9. The van der Waals surface area contributed by atoms with Crippen molar-refractivity contribution in [3.05, 3.63) is 449 Å². The van der Waals surface area contributed by atoms with E-state index in [0.717, 1.165) is 259 Å². The van der Waals surface area contributed by atoms with Crippen LogP contribution in [0.5, 0.6) is 0 Å². The summed E-state index contributed by atoms with van der Waals surface area (Å²) in [6.07, 6.45) is 0. The maximum atomic E-state index is 6.72. The van der Waals surface area contributed by atoms with Gasteiger partial charge in [-0.2, -0.15) is 0 Å². The summed E-state index contributed by atoms with van der Waals surface area (Å²) in [5, 5.41) is 17.5. The van der Waals surface area contributed by atoms with Crippen LogP contribution in [0.2, 0.25) is 0 Å². The van der Waals surface area contributed by atoms with E-state index in [1.807, 2.05) is 297 Å². The van der Waals surface area contributed by atoms with Crippen LogP contribution in [0.25, 0.3) is 311 Å². The van der Waals surface area contributed by atoms with Gasteiger partial charge in [0.2, 0.25) is 0 Å². The smallest absolute Gasteiger partial charge is 0.167 e. The average Bonchev–Trinajstić information content (AvgIpc) is 1.58. The van der Waals surface area contributed by atoms with Gasteiger partial charge in [-0.15, -0.1) is 0 Å². The van der Waals surface area contributed by atoms with Gasteiger partial charge in [-0.25, -0.2) is 59.8 Å². The third kappa shape index (κ3) is 14.4. The monoisotopic (exact) mass is 1900 g/mol. The highest BCUT2D eigenvalue weighted by Gasteiger charge is 2.29. The van der Waals surface area contributed by atoms with Crippen molar-refractivity contribution in [1.29, 1.82) is 0 Å². The summed E-state index contributed by atoms with van der Waals surface area (Å²) < 4.78 is 38.9. The maximum absolute atomic E-state index is 6.72. The lowest BCUT2D eigenvalue weighted by molar-refractivity contribution is 0.668. The first kappa shape index (κ1) is 84.4. The lowest BCUT2D eigenvalue weighted by atomic mass is 9.98. The van der Waals surface area contributed by atoms with E-state index in [0.29, 0.717) is 52.4 Å². The van der Waals surface area contributed by atoms with Crippen molar-refractivity contribution >= 4 is 175 Å². The summed E-state index contributed by atoms with van der Waals surface area (Å²) in [4.78, 5) is 60.8. The number of pyridine rings is 3. The zero-order chi connectivity index (χ0) is 97.4. The molecule has 0 unspecified atom stereocenters. The predicted molar refractivity (Wildman–Crippen MR) is 592 cm³/mol. The van der Waals surface area contributed by atoms with Crippen LogP contribution in [-0.4, -0.2) is 59.8 Å². The van der Waals surface area contributed by atoms with E-state index in [2.05, 4.69) is 152 Å². The largest absolute Gasteiger partial charge is 0.456 e. The van der Waals surface area contributed by atoms with E-state index in [-0.39, 0.29) is 0 Å². The molecule has 18 nitrogen and oxygen atoms in total. The number of nitrogens with zero attached hydrogens (tertiary/aromatic N) is 12. The Hall–Kier alpha value is -20.5. The number of aromatic nitrogens is 12. The number of furan rings is 6. The highest BCUT2D eigenvalue weighted by molar-refractivity contribution is 6.25. The molecule has 148 heavy (non-hydrogen) atoms. The summed E-state index contributed by atoms with van der Waals surface area (Å²) in [7, 11) is 0. The first-order valence-electron chi connectivity index (χ1n) is 48.9. The number of hydrogen-bond acceptors (Lipinski definition) is 18. The Morgan fingerprint density at radius 3 is 0.824 bits per heavy atom. The lowest BCUT2D eigenvalue weighted by Gasteiger charge is -2.09. The standard InChI is InChI=1S/C46H26N4O2.2C42H24N4O2/c1-2-13-28(14-3-1)44-48-45(50-46(49-44)35-21-11-20-33-31-17-7-9-23-38(31)51-42(33)35)29-24-25-39-36(26-29)40-34-18-6-8-22-37(34)47-41(43(40)52-39)32-19-10-15-27-12-4-5-16-30(27)32;1-3-12-25(13-4-1)37-39-36(30-17-7-9-20-33(30)43-37)32-24-27(22-23-35(32)48-39)41-44-40(26-14-5-2-6-15-26)45-42(46-41)31-19-11-18-29-28-16-8-10-21-34(28)47-38(29)31;1-3-12-25(13-4-1)38-39-37(28-16-7-9-19-32(28)43-38)31-24-27(22-23-34(31)48-39)41-44-40(26-14-5-2-6-15-26)45-42(46-41)30-18-11-21-35-36(30)29-17-8-10-20-33(29)47-35/h1-26H;2*1-24H. The summed E-state index contributed by atoms with van der Waals surface area (Å²) in [6, 6.07) is 151. The Morgan fingerprint density at radius 1 is 0.128 bits per heavy atom. The van der Waals surface area contributed by atoms with Crippen LogP contribution in [-0.2, 0) is 0 Å². The molecule has 0 amide bonds. The molecule has 0 aliphatic carbocycles. The Labute approximate surface area is 841 Å². The summed E-state index contributed by atoms with van der Waals surface area (Å²) >= 11 is 0. The molecule has 690 valence electrons. The molecule has 0 aliphatic rings. The van der Waals surface area contributed by atoms with E-state index in [1.54, 1.807) is 0 Å². The molecule has 0 radical (unpaired) electrons. The fraction of sp³-hybridized carbons (Fsp3) is 0. The van der Waals surface area contributed by atoms with Crippen LogP contribution in [0.3, 0.4) is 0 Å². The van der Waals surface area contributed by atoms with Gasteiger partial charge in [-0.05, 0) is 120 Å². The normalized spacial score (nSPS) is 11.8. The second kappa shape index (κ2) is 34.7. The van der Waals surface area contributed by atoms with Crippen molar-refractivity contribution in [3.63, 3.8) is 0 Å². The minimum Gasteiger partial charge on any atom is -0.456 e. The molecule has 31 rings (SSSR count). The van der Waals surface area contributed by atoms with Gasteiger partial charge < -0.3 is 26.5 Å². The molecule has 0 bridgehead atoms. The Kier molecular flexibility index (Phi) is 19.8. The van der Waals surface area contributed by atoms with Gasteiger partial charge in [0, 0.05) is 136 Å².